The van der Waals surface area contributed by atoms with Crippen LogP contribution in [0.1, 0.15) is 45.4 Å². The quantitative estimate of drug-likeness (QED) is 0.829. The van der Waals surface area contributed by atoms with E-state index < -0.39 is 0 Å². The minimum Gasteiger partial charge on any atom is -0.379 e. The molecule has 0 radical (unpaired) electrons. The first-order chi connectivity index (χ1) is 9.12. The third kappa shape index (κ3) is 1.81. The Morgan fingerprint density at radius 1 is 1.11 bits per heavy atom. The van der Waals surface area contributed by atoms with Gasteiger partial charge in [-0.05, 0) is 62.7 Å². The lowest BCUT2D eigenvalue weighted by Crippen LogP contribution is -2.67. The second-order valence-electron chi connectivity index (χ2n) is 7.94. The van der Waals surface area contributed by atoms with E-state index >= 15 is 0 Å². The molecular formula is C16H28N2O. The van der Waals surface area contributed by atoms with Crippen molar-refractivity contribution in [3.63, 3.8) is 0 Å². The lowest BCUT2D eigenvalue weighted by atomic mass is 9.45. The third-order valence-corrected chi connectivity index (χ3v) is 6.72. The third-order valence-electron chi connectivity index (χ3n) is 6.72. The van der Waals surface area contributed by atoms with Gasteiger partial charge in [0.05, 0.1) is 13.2 Å². The summed E-state index contributed by atoms with van der Waals surface area (Å²) in [6.45, 7) is 6.42. The van der Waals surface area contributed by atoms with E-state index in [1.165, 1.54) is 38.5 Å². The van der Waals surface area contributed by atoms with Crippen molar-refractivity contribution in [2.45, 2.75) is 57.0 Å². The van der Waals surface area contributed by atoms with Gasteiger partial charge in [0.1, 0.15) is 0 Å². The van der Waals surface area contributed by atoms with Crippen molar-refractivity contribution in [1.29, 1.82) is 0 Å². The Balaban J connectivity index is 1.66. The van der Waals surface area contributed by atoms with Gasteiger partial charge in [0.15, 0.2) is 0 Å². The summed E-state index contributed by atoms with van der Waals surface area (Å²) in [5.41, 5.74) is 7.39. The van der Waals surface area contributed by atoms with Gasteiger partial charge in [-0.3, -0.25) is 4.90 Å². The standard InChI is InChI=1S/C16H28N2O/c1-12(17)15-7-13-6-14(8-15)10-16(9-13,11-15)18-2-4-19-5-3-18/h12-14H,2-11,17H2,1H3. The first kappa shape index (κ1) is 12.6. The number of ether oxygens (including phenoxy) is 1. The lowest BCUT2D eigenvalue weighted by Gasteiger charge is -2.66. The molecule has 5 aliphatic rings. The largest absolute Gasteiger partial charge is 0.379 e. The summed E-state index contributed by atoms with van der Waals surface area (Å²) in [5, 5.41) is 0. The average molecular weight is 264 g/mol. The zero-order chi connectivity index (χ0) is 13.1. The highest BCUT2D eigenvalue weighted by molar-refractivity contribution is 5.14. The van der Waals surface area contributed by atoms with Crippen LogP contribution >= 0.6 is 0 Å². The number of rotatable bonds is 2. The fourth-order valence-electron chi connectivity index (χ4n) is 6.22. The molecule has 1 aliphatic heterocycles. The summed E-state index contributed by atoms with van der Waals surface area (Å²) in [4.78, 5) is 2.78. The second-order valence-corrected chi connectivity index (χ2v) is 7.94. The van der Waals surface area contributed by atoms with Gasteiger partial charge in [-0.15, -0.1) is 0 Å². The summed E-state index contributed by atoms with van der Waals surface area (Å²) >= 11 is 0. The molecule has 2 N–H and O–H groups in total. The van der Waals surface area contributed by atoms with Crippen LogP contribution in [0.15, 0.2) is 0 Å². The van der Waals surface area contributed by atoms with Crippen LogP contribution in [0, 0.1) is 17.3 Å². The van der Waals surface area contributed by atoms with E-state index in [0.717, 1.165) is 38.1 Å². The molecule has 108 valence electrons. The van der Waals surface area contributed by atoms with E-state index in [2.05, 4.69) is 11.8 Å². The van der Waals surface area contributed by atoms with Gasteiger partial charge in [-0.1, -0.05) is 0 Å². The summed E-state index contributed by atoms with van der Waals surface area (Å²) in [6.07, 6.45) is 8.56. The number of nitrogens with zero attached hydrogens (tertiary/aromatic N) is 1. The second kappa shape index (κ2) is 4.19. The minimum absolute atomic E-state index is 0.374. The van der Waals surface area contributed by atoms with Gasteiger partial charge in [0.25, 0.3) is 0 Å². The maximum absolute atomic E-state index is 6.44. The molecule has 5 rings (SSSR count). The van der Waals surface area contributed by atoms with Gasteiger partial charge in [-0.2, -0.15) is 0 Å². The van der Waals surface area contributed by atoms with Gasteiger partial charge in [0, 0.05) is 24.7 Å². The van der Waals surface area contributed by atoms with Crippen LogP contribution in [0.5, 0.6) is 0 Å². The van der Waals surface area contributed by atoms with Crippen LogP contribution in [0.3, 0.4) is 0 Å². The molecule has 0 amide bonds. The Kier molecular flexibility index (Phi) is 2.78. The topological polar surface area (TPSA) is 38.5 Å². The maximum Gasteiger partial charge on any atom is 0.0594 e. The summed E-state index contributed by atoms with van der Waals surface area (Å²) in [5.74, 6) is 1.91. The van der Waals surface area contributed by atoms with E-state index in [1.54, 1.807) is 0 Å². The number of morpholine rings is 1. The van der Waals surface area contributed by atoms with Gasteiger partial charge in [-0.25, -0.2) is 0 Å². The van der Waals surface area contributed by atoms with Crippen LogP contribution in [-0.4, -0.2) is 42.8 Å². The molecule has 19 heavy (non-hydrogen) atoms. The first-order valence-corrected chi connectivity index (χ1v) is 8.20. The SMILES string of the molecule is CC(N)C12CC3CC(C1)CC(N1CCOCC1)(C3)C2. The van der Waals surface area contributed by atoms with E-state index in [9.17, 15) is 0 Å². The molecule has 1 saturated heterocycles. The van der Waals surface area contributed by atoms with E-state index in [1.807, 2.05) is 0 Å². The Bertz CT molecular complexity index is 348. The zero-order valence-electron chi connectivity index (χ0n) is 12.2. The summed E-state index contributed by atoms with van der Waals surface area (Å²) in [7, 11) is 0. The molecule has 3 nitrogen and oxygen atoms in total. The highest BCUT2D eigenvalue weighted by atomic mass is 16.5. The molecular weight excluding hydrogens is 236 g/mol. The van der Waals surface area contributed by atoms with Crippen LogP contribution < -0.4 is 5.73 Å². The molecule has 4 saturated carbocycles. The molecule has 0 spiro atoms. The molecule has 5 fully saturated rings. The average Bonchev–Trinajstić information content (AvgIpc) is 2.38. The number of nitrogens with two attached hydrogens (primary N) is 1. The summed E-state index contributed by atoms with van der Waals surface area (Å²) in [6, 6.07) is 0.374. The van der Waals surface area contributed by atoms with Crippen molar-refractivity contribution >= 4 is 0 Å². The van der Waals surface area contributed by atoms with E-state index in [-0.39, 0.29) is 0 Å². The highest BCUT2D eigenvalue weighted by Crippen LogP contribution is 2.64. The highest BCUT2D eigenvalue weighted by Gasteiger charge is 2.60. The van der Waals surface area contributed by atoms with E-state index in [4.69, 9.17) is 10.5 Å². The first-order valence-electron chi connectivity index (χ1n) is 8.20. The molecule has 0 aromatic carbocycles. The van der Waals surface area contributed by atoms with Crippen molar-refractivity contribution in [3.8, 4) is 0 Å². The predicted octanol–water partition coefficient (Wildman–Crippen LogP) is 2.00. The smallest absolute Gasteiger partial charge is 0.0594 e. The maximum atomic E-state index is 6.44. The van der Waals surface area contributed by atoms with Crippen molar-refractivity contribution in [3.05, 3.63) is 0 Å². The molecule has 1 heterocycles. The molecule has 0 aromatic rings. The fourth-order valence-corrected chi connectivity index (χ4v) is 6.22. The molecule has 0 aromatic heterocycles. The summed E-state index contributed by atoms with van der Waals surface area (Å²) < 4.78 is 5.57. The van der Waals surface area contributed by atoms with Crippen LogP contribution in [0.4, 0.5) is 0 Å². The fraction of sp³-hybridized carbons (Fsp3) is 1.00. The molecule has 3 atom stereocenters. The molecule has 4 aliphatic carbocycles. The Labute approximate surface area is 116 Å². The molecule has 3 heteroatoms. The lowest BCUT2D eigenvalue weighted by molar-refractivity contribution is -0.155. The van der Waals surface area contributed by atoms with Crippen molar-refractivity contribution in [1.82, 2.24) is 4.90 Å². The number of hydrogen-bond acceptors (Lipinski definition) is 3. The van der Waals surface area contributed by atoms with Crippen LogP contribution in [0.2, 0.25) is 0 Å². The molecule has 4 bridgehead atoms. The molecule has 3 unspecified atom stereocenters. The van der Waals surface area contributed by atoms with Crippen molar-refractivity contribution in [2.24, 2.45) is 23.0 Å². The van der Waals surface area contributed by atoms with Gasteiger partial charge in [0.2, 0.25) is 0 Å². The van der Waals surface area contributed by atoms with E-state index in [0.29, 0.717) is 17.0 Å². The Hall–Kier alpha value is -0.120. The minimum atomic E-state index is 0.374. The van der Waals surface area contributed by atoms with Gasteiger partial charge >= 0.3 is 0 Å². The Morgan fingerprint density at radius 3 is 2.32 bits per heavy atom. The van der Waals surface area contributed by atoms with Crippen molar-refractivity contribution < 1.29 is 4.74 Å². The van der Waals surface area contributed by atoms with Crippen LogP contribution in [0.25, 0.3) is 0 Å². The van der Waals surface area contributed by atoms with Crippen molar-refractivity contribution in [2.75, 3.05) is 26.3 Å². The number of hydrogen-bond donors (Lipinski definition) is 1. The predicted molar refractivity (Wildman–Crippen MR) is 75.9 cm³/mol. The normalized spacial score (nSPS) is 51.5. The zero-order valence-corrected chi connectivity index (χ0v) is 12.2. The van der Waals surface area contributed by atoms with Crippen LogP contribution in [-0.2, 0) is 4.74 Å². The Morgan fingerprint density at radius 2 is 1.74 bits per heavy atom. The monoisotopic (exact) mass is 264 g/mol. The van der Waals surface area contributed by atoms with Gasteiger partial charge < -0.3 is 10.5 Å².